The molecular formula is C24H8BF11O2. The minimum absolute atomic E-state index is 0.179. The Bertz CT molecular complexity index is 1530. The van der Waals surface area contributed by atoms with Crippen molar-refractivity contribution in [1.82, 2.24) is 0 Å². The van der Waals surface area contributed by atoms with Gasteiger partial charge in [0.2, 0.25) is 34.9 Å². The van der Waals surface area contributed by atoms with Crippen molar-refractivity contribution in [3.63, 3.8) is 0 Å². The molecule has 0 saturated heterocycles. The standard InChI is InChI=1S/C24H8BF11O2/c26-9-7-11(16(30)15(29)8-9)10-3-1-2-4-12(10)25(37-23-14(28)6-5-13(27)17(23)31)38-24-21(35)19(33)18(32)20(34)22(24)36/h1-8H. The molecule has 0 aromatic heterocycles. The smallest absolute Gasteiger partial charge is 0.518 e. The Morgan fingerprint density at radius 1 is 0.447 bits per heavy atom. The summed E-state index contributed by atoms with van der Waals surface area (Å²) in [5, 5.41) is 0. The average Bonchev–Trinajstić information content (AvgIpc) is 2.90. The first kappa shape index (κ1) is 26.8. The monoisotopic (exact) mass is 548 g/mol. The number of rotatable bonds is 6. The first-order valence-corrected chi connectivity index (χ1v) is 10.1. The molecule has 0 aliphatic heterocycles. The highest BCUT2D eigenvalue weighted by molar-refractivity contribution is 6.64. The molecule has 14 heteroatoms. The zero-order chi connectivity index (χ0) is 27.9. The lowest BCUT2D eigenvalue weighted by Crippen LogP contribution is -2.45. The summed E-state index contributed by atoms with van der Waals surface area (Å²) < 4.78 is 164. The van der Waals surface area contributed by atoms with Crippen LogP contribution in [0.5, 0.6) is 11.5 Å². The van der Waals surface area contributed by atoms with Crippen LogP contribution < -0.4 is 14.8 Å². The highest BCUT2D eigenvalue weighted by Crippen LogP contribution is 2.32. The van der Waals surface area contributed by atoms with Crippen molar-refractivity contribution in [3.05, 3.63) is 113 Å². The van der Waals surface area contributed by atoms with Crippen LogP contribution in [-0.4, -0.2) is 7.12 Å². The molecule has 0 spiro atoms. The Kier molecular flexibility index (Phi) is 7.25. The normalized spacial score (nSPS) is 11.0. The molecule has 0 atom stereocenters. The van der Waals surface area contributed by atoms with Crippen LogP contribution in [-0.2, 0) is 0 Å². The molecule has 0 bridgehead atoms. The van der Waals surface area contributed by atoms with Crippen molar-refractivity contribution in [2.24, 2.45) is 0 Å². The summed E-state index contributed by atoms with van der Waals surface area (Å²) in [5.74, 6) is -26.0. The van der Waals surface area contributed by atoms with Gasteiger partial charge in [0.1, 0.15) is 5.82 Å². The Balaban J connectivity index is 1.96. The summed E-state index contributed by atoms with van der Waals surface area (Å²) in [5.41, 5.74) is -2.09. The third-order valence-electron chi connectivity index (χ3n) is 5.12. The molecule has 196 valence electrons. The largest absolute Gasteiger partial charge is 0.633 e. The quantitative estimate of drug-likeness (QED) is 0.115. The van der Waals surface area contributed by atoms with Crippen molar-refractivity contribution in [3.8, 4) is 22.6 Å². The van der Waals surface area contributed by atoms with Gasteiger partial charge in [0.15, 0.2) is 34.8 Å². The fourth-order valence-electron chi connectivity index (χ4n) is 3.37. The molecule has 0 saturated carbocycles. The Hall–Kier alpha value is -4.23. The maximum Gasteiger partial charge on any atom is 0.633 e. The van der Waals surface area contributed by atoms with Gasteiger partial charge in [0, 0.05) is 17.1 Å². The molecule has 0 aliphatic rings. The van der Waals surface area contributed by atoms with E-state index >= 15 is 0 Å². The highest BCUT2D eigenvalue weighted by Gasteiger charge is 2.37. The summed E-state index contributed by atoms with van der Waals surface area (Å²) in [6.07, 6.45) is 0. The van der Waals surface area contributed by atoms with E-state index in [9.17, 15) is 48.3 Å². The molecule has 0 unspecified atom stereocenters. The van der Waals surface area contributed by atoms with E-state index in [-0.39, 0.29) is 6.07 Å². The van der Waals surface area contributed by atoms with E-state index in [1.165, 1.54) is 6.07 Å². The van der Waals surface area contributed by atoms with Gasteiger partial charge in [-0.25, -0.2) is 35.1 Å². The average molecular weight is 548 g/mol. The third kappa shape index (κ3) is 4.73. The van der Waals surface area contributed by atoms with Gasteiger partial charge >= 0.3 is 7.12 Å². The second-order valence-corrected chi connectivity index (χ2v) is 7.48. The van der Waals surface area contributed by atoms with Gasteiger partial charge in [-0.3, -0.25) is 0 Å². The summed E-state index contributed by atoms with van der Waals surface area (Å²) in [6, 6.07) is 5.50. The molecule has 38 heavy (non-hydrogen) atoms. The first-order valence-electron chi connectivity index (χ1n) is 10.1. The molecule has 0 amide bonds. The summed E-state index contributed by atoms with van der Waals surface area (Å²) in [6.45, 7) is 0. The number of halogens is 11. The van der Waals surface area contributed by atoms with E-state index in [4.69, 9.17) is 9.31 Å². The van der Waals surface area contributed by atoms with Gasteiger partial charge < -0.3 is 9.31 Å². The number of hydrogen-bond donors (Lipinski definition) is 0. The number of benzene rings is 4. The molecule has 0 radical (unpaired) electrons. The minimum atomic E-state index is -2.61. The molecular weight excluding hydrogens is 540 g/mol. The van der Waals surface area contributed by atoms with Crippen LogP contribution in [0.1, 0.15) is 0 Å². The maximum absolute atomic E-state index is 14.6. The summed E-state index contributed by atoms with van der Waals surface area (Å²) >= 11 is 0. The summed E-state index contributed by atoms with van der Waals surface area (Å²) in [4.78, 5) is 0. The maximum atomic E-state index is 14.6. The third-order valence-corrected chi connectivity index (χ3v) is 5.12. The van der Waals surface area contributed by atoms with E-state index in [0.717, 1.165) is 18.2 Å². The van der Waals surface area contributed by atoms with Crippen LogP contribution in [0.2, 0.25) is 0 Å². The van der Waals surface area contributed by atoms with Crippen LogP contribution in [0, 0.1) is 64.0 Å². The Labute approximate surface area is 206 Å². The Morgan fingerprint density at radius 2 is 1.00 bits per heavy atom. The molecule has 4 rings (SSSR count). The van der Waals surface area contributed by atoms with Gasteiger partial charge in [-0.15, -0.1) is 0 Å². The lowest BCUT2D eigenvalue weighted by atomic mass is 9.73. The highest BCUT2D eigenvalue weighted by atomic mass is 19.2. The van der Waals surface area contributed by atoms with Crippen LogP contribution >= 0.6 is 0 Å². The van der Waals surface area contributed by atoms with Crippen molar-refractivity contribution < 1.29 is 57.6 Å². The van der Waals surface area contributed by atoms with Crippen LogP contribution in [0.3, 0.4) is 0 Å². The van der Waals surface area contributed by atoms with E-state index in [2.05, 4.69) is 0 Å². The molecule has 0 fully saturated rings. The Morgan fingerprint density at radius 3 is 1.66 bits per heavy atom. The lowest BCUT2D eigenvalue weighted by Gasteiger charge is -2.21. The van der Waals surface area contributed by atoms with Gasteiger partial charge in [0.05, 0.1) is 0 Å². The van der Waals surface area contributed by atoms with Gasteiger partial charge in [-0.2, -0.15) is 13.2 Å². The lowest BCUT2D eigenvalue weighted by molar-refractivity contribution is 0.328. The fraction of sp³-hybridized carbons (Fsp3) is 0. The SMILES string of the molecule is Fc1cc(F)c(F)c(-c2ccccc2B(Oc2c(F)ccc(F)c2F)Oc2c(F)c(F)c(F)c(F)c2F)c1. The van der Waals surface area contributed by atoms with Crippen LogP contribution in [0.15, 0.2) is 48.5 Å². The van der Waals surface area contributed by atoms with Crippen LogP contribution in [0.25, 0.3) is 11.1 Å². The molecule has 0 heterocycles. The van der Waals surface area contributed by atoms with Gasteiger partial charge in [-0.1, -0.05) is 24.3 Å². The summed E-state index contributed by atoms with van der Waals surface area (Å²) in [7, 11) is -2.61. The van der Waals surface area contributed by atoms with Crippen molar-refractivity contribution in [2.45, 2.75) is 0 Å². The van der Waals surface area contributed by atoms with E-state index in [1.807, 2.05) is 0 Å². The fourth-order valence-corrected chi connectivity index (χ4v) is 3.37. The van der Waals surface area contributed by atoms with Crippen molar-refractivity contribution in [1.29, 1.82) is 0 Å². The first-order chi connectivity index (χ1) is 17.9. The van der Waals surface area contributed by atoms with Gasteiger partial charge in [0.25, 0.3) is 0 Å². The van der Waals surface area contributed by atoms with E-state index in [0.29, 0.717) is 18.2 Å². The zero-order valence-corrected chi connectivity index (χ0v) is 18.2. The van der Waals surface area contributed by atoms with Crippen LogP contribution in [0.4, 0.5) is 48.3 Å². The minimum Gasteiger partial charge on any atom is -0.518 e. The van der Waals surface area contributed by atoms with Gasteiger partial charge in [-0.05, 0) is 23.8 Å². The zero-order valence-electron chi connectivity index (χ0n) is 18.2. The topological polar surface area (TPSA) is 18.5 Å². The van der Waals surface area contributed by atoms with Crippen molar-refractivity contribution in [2.75, 3.05) is 0 Å². The number of hydrogen-bond acceptors (Lipinski definition) is 2. The molecule has 0 aliphatic carbocycles. The predicted molar refractivity (Wildman–Crippen MR) is 111 cm³/mol. The molecule has 2 nitrogen and oxygen atoms in total. The van der Waals surface area contributed by atoms with E-state index < -0.39 is 99.2 Å². The second-order valence-electron chi connectivity index (χ2n) is 7.48. The van der Waals surface area contributed by atoms with E-state index in [1.54, 1.807) is 0 Å². The second kappa shape index (κ2) is 10.3. The molecule has 0 N–H and O–H groups in total. The molecule has 4 aromatic rings. The molecule has 4 aromatic carbocycles. The van der Waals surface area contributed by atoms with Crippen molar-refractivity contribution >= 4 is 12.6 Å². The predicted octanol–water partition coefficient (Wildman–Crippen LogP) is 6.74.